The minimum absolute atomic E-state index is 0.0195. The van der Waals surface area contributed by atoms with Crippen molar-refractivity contribution in [2.24, 2.45) is 22.7 Å². The molecule has 0 bridgehead atoms. The highest BCUT2D eigenvalue weighted by molar-refractivity contribution is 5.77. The number of aliphatic hydroxyl groups is 1. The quantitative estimate of drug-likeness (QED) is 0.588. The van der Waals surface area contributed by atoms with Crippen molar-refractivity contribution in [2.45, 2.75) is 71.8 Å². The number of carbonyl (C=O) groups excluding carboxylic acids is 1. The van der Waals surface area contributed by atoms with E-state index in [1.807, 2.05) is 6.92 Å². The summed E-state index contributed by atoms with van der Waals surface area (Å²) in [5.41, 5.74) is 0.184. The molecule has 0 aliphatic heterocycles. The predicted molar refractivity (Wildman–Crippen MR) is 97.5 cm³/mol. The van der Waals surface area contributed by atoms with Crippen molar-refractivity contribution >= 4 is 5.97 Å². The third-order valence-corrected chi connectivity index (χ3v) is 7.05. The molecule has 1 fully saturated rings. The third-order valence-electron chi connectivity index (χ3n) is 7.05. The van der Waals surface area contributed by atoms with E-state index in [1.54, 1.807) is 6.08 Å². The first kappa shape index (κ1) is 19.2. The van der Waals surface area contributed by atoms with Gasteiger partial charge in [0.1, 0.15) is 0 Å². The van der Waals surface area contributed by atoms with Crippen molar-refractivity contribution in [2.75, 3.05) is 7.11 Å². The summed E-state index contributed by atoms with van der Waals surface area (Å²) in [7, 11) is 1.50. The number of ether oxygens (including phenoxy) is 1. The van der Waals surface area contributed by atoms with Gasteiger partial charge in [-0.2, -0.15) is 0 Å². The van der Waals surface area contributed by atoms with Gasteiger partial charge in [0, 0.05) is 0 Å². The molecule has 3 heteroatoms. The predicted octanol–water partition coefficient (Wildman–Crippen LogP) is 4.66. The Hall–Kier alpha value is -1.09. The molecule has 5 atom stereocenters. The maximum absolute atomic E-state index is 12.5. The number of hydrogen-bond acceptors (Lipinski definition) is 3. The molecule has 0 unspecified atom stereocenters. The first-order valence-electron chi connectivity index (χ1n) is 9.25. The molecule has 0 saturated heterocycles. The molecule has 2 rings (SSSR count). The zero-order valence-electron chi connectivity index (χ0n) is 16.0. The summed E-state index contributed by atoms with van der Waals surface area (Å²) in [6.45, 7) is 12.3. The van der Waals surface area contributed by atoms with E-state index in [1.165, 1.54) is 12.7 Å². The molecule has 1 N–H and O–H groups in total. The molecule has 3 nitrogen and oxygen atoms in total. The molecule has 0 spiro atoms. The maximum Gasteiger partial charge on any atom is 0.312 e. The largest absolute Gasteiger partial charge is 0.469 e. The summed E-state index contributed by atoms with van der Waals surface area (Å²) in [6, 6.07) is 0. The molecule has 1 saturated carbocycles. The third kappa shape index (κ3) is 3.20. The lowest BCUT2D eigenvalue weighted by molar-refractivity contribution is -0.156. The van der Waals surface area contributed by atoms with E-state index in [4.69, 9.17) is 4.74 Å². The van der Waals surface area contributed by atoms with Crippen LogP contribution in [0.4, 0.5) is 0 Å². The minimum Gasteiger partial charge on any atom is -0.469 e. The summed E-state index contributed by atoms with van der Waals surface area (Å²) >= 11 is 0. The summed E-state index contributed by atoms with van der Waals surface area (Å²) in [5.74, 6) is 0.724. The van der Waals surface area contributed by atoms with Gasteiger partial charge in [-0.05, 0) is 69.6 Å². The van der Waals surface area contributed by atoms with Crippen LogP contribution in [-0.4, -0.2) is 23.8 Å². The van der Waals surface area contributed by atoms with Crippen LogP contribution >= 0.6 is 0 Å². The topological polar surface area (TPSA) is 46.5 Å². The number of hydrogen-bond donors (Lipinski definition) is 1. The van der Waals surface area contributed by atoms with Crippen LogP contribution in [0.15, 0.2) is 24.3 Å². The van der Waals surface area contributed by atoms with Gasteiger partial charge in [-0.1, -0.05) is 31.6 Å². The van der Waals surface area contributed by atoms with Crippen LogP contribution in [0.25, 0.3) is 0 Å². The molecule has 0 aromatic carbocycles. The minimum atomic E-state index is -0.837. The van der Waals surface area contributed by atoms with Crippen LogP contribution in [0.3, 0.4) is 0 Å². The van der Waals surface area contributed by atoms with E-state index < -0.39 is 11.0 Å². The van der Waals surface area contributed by atoms with Crippen molar-refractivity contribution in [1.82, 2.24) is 0 Å². The summed E-state index contributed by atoms with van der Waals surface area (Å²) < 4.78 is 5.15. The first-order valence-corrected chi connectivity index (χ1v) is 9.25. The molecule has 0 amide bonds. The van der Waals surface area contributed by atoms with Gasteiger partial charge in [0.05, 0.1) is 18.1 Å². The van der Waals surface area contributed by atoms with Crippen LogP contribution in [0, 0.1) is 22.7 Å². The fourth-order valence-corrected chi connectivity index (χ4v) is 4.80. The second kappa shape index (κ2) is 6.67. The Bertz CT molecular complexity index is 533. The average Bonchev–Trinajstić information content (AvgIpc) is 2.56. The Morgan fingerprint density at radius 3 is 2.75 bits per heavy atom. The van der Waals surface area contributed by atoms with E-state index >= 15 is 0 Å². The zero-order valence-corrected chi connectivity index (χ0v) is 16.0. The first-order chi connectivity index (χ1) is 11.1. The number of carbonyl (C=O) groups is 1. The second-order valence-corrected chi connectivity index (χ2v) is 8.62. The summed E-state index contributed by atoms with van der Waals surface area (Å²) in [5, 5.41) is 10.4. The van der Waals surface area contributed by atoms with E-state index in [9.17, 15) is 9.90 Å². The molecule has 0 radical (unpaired) electrons. The normalized spacial score (nSPS) is 38.5. The van der Waals surface area contributed by atoms with Crippen LogP contribution < -0.4 is 0 Å². The highest BCUT2D eigenvalue weighted by Gasteiger charge is 2.53. The van der Waals surface area contributed by atoms with E-state index in [2.05, 4.69) is 33.4 Å². The number of methoxy groups -OCH3 is 1. The van der Waals surface area contributed by atoms with Crippen molar-refractivity contribution in [3.63, 3.8) is 0 Å². The highest BCUT2D eigenvalue weighted by Crippen LogP contribution is 2.58. The lowest BCUT2D eigenvalue weighted by atomic mass is 9.51. The smallest absolute Gasteiger partial charge is 0.312 e. The number of allylic oxidation sites excluding steroid dienone is 2. The standard InChI is InChI=1S/C21H34O3/c1-7-19(3,23)13-14-20(4)15(2)10-11-17-16(20)9-8-12-21(17,5)18(22)24-6/h7,9,15,17,23H,1,8,10-14H2,2-6H3/t15-,17-,19+,20+,21+/m1/s1. The Morgan fingerprint density at radius 1 is 1.50 bits per heavy atom. The molecule has 2 aliphatic rings. The molecular formula is C21H34O3. The lowest BCUT2D eigenvalue weighted by Crippen LogP contribution is -2.48. The summed E-state index contributed by atoms with van der Waals surface area (Å²) in [6.07, 6.45) is 9.56. The van der Waals surface area contributed by atoms with Gasteiger partial charge in [-0.3, -0.25) is 4.79 Å². The average molecular weight is 335 g/mol. The Balaban J connectivity index is 2.33. The number of esters is 1. The molecule has 136 valence electrons. The Kier molecular flexibility index (Phi) is 5.34. The molecule has 2 aliphatic carbocycles. The van der Waals surface area contributed by atoms with Crippen LogP contribution in [0.2, 0.25) is 0 Å². The number of rotatable bonds is 5. The monoisotopic (exact) mass is 334 g/mol. The van der Waals surface area contributed by atoms with Crippen molar-refractivity contribution in [1.29, 1.82) is 0 Å². The highest BCUT2D eigenvalue weighted by atomic mass is 16.5. The van der Waals surface area contributed by atoms with Crippen LogP contribution in [0.1, 0.15) is 66.2 Å². The zero-order chi connectivity index (χ0) is 18.2. The van der Waals surface area contributed by atoms with Crippen molar-refractivity contribution in [3.8, 4) is 0 Å². The number of fused-ring (bicyclic) bond motifs is 1. The van der Waals surface area contributed by atoms with E-state index in [-0.39, 0.29) is 17.3 Å². The van der Waals surface area contributed by atoms with E-state index in [0.29, 0.717) is 12.3 Å². The van der Waals surface area contributed by atoms with Crippen molar-refractivity contribution < 1.29 is 14.6 Å². The fourth-order valence-electron chi connectivity index (χ4n) is 4.80. The van der Waals surface area contributed by atoms with Crippen LogP contribution in [0.5, 0.6) is 0 Å². The summed E-state index contributed by atoms with van der Waals surface area (Å²) in [4.78, 5) is 12.5. The van der Waals surface area contributed by atoms with Gasteiger partial charge < -0.3 is 9.84 Å². The Morgan fingerprint density at radius 2 is 2.17 bits per heavy atom. The van der Waals surface area contributed by atoms with Crippen molar-refractivity contribution in [3.05, 3.63) is 24.3 Å². The molecule has 0 heterocycles. The van der Waals surface area contributed by atoms with Crippen LogP contribution in [-0.2, 0) is 9.53 Å². The van der Waals surface area contributed by atoms with Gasteiger partial charge in [-0.15, -0.1) is 6.58 Å². The van der Waals surface area contributed by atoms with Gasteiger partial charge in [0.2, 0.25) is 0 Å². The second-order valence-electron chi connectivity index (χ2n) is 8.62. The maximum atomic E-state index is 12.5. The fraction of sp³-hybridized carbons (Fsp3) is 0.762. The van der Waals surface area contributed by atoms with Gasteiger partial charge in [0.25, 0.3) is 0 Å². The van der Waals surface area contributed by atoms with Gasteiger partial charge in [-0.25, -0.2) is 0 Å². The molecule has 24 heavy (non-hydrogen) atoms. The SMILES string of the molecule is C=C[C@](C)(O)CC[C@]1(C)C2=CCC[C@](C)(C(=O)OC)[C@@H]2CC[C@H]1C. The Labute approximate surface area is 147 Å². The molecule has 0 aromatic heterocycles. The van der Waals surface area contributed by atoms with E-state index in [0.717, 1.165) is 32.1 Å². The van der Waals surface area contributed by atoms with Gasteiger partial charge >= 0.3 is 5.97 Å². The molecular weight excluding hydrogens is 300 g/mol. The van der Waals surface area contributed by atoms with Gasteiger partial charge in [0.15, 0.2) is 0 Å². The lowest BCUT2D eigenvalue weighted by Gasteiger charge is -2.53. The molecule has 0 aromatic rings.